The molecule has 5 rings (SSSR count). The maximum atomic E-state index is 12.4. The van der Waals surface area contributed by atoms with Gasteiger partial charge in [-0.25, -0.2) is 0 Å². The Morgan fingerprint density at radius 2 is 1.76 bits per heavy atom. The first-order valence-electron chi connectivity index (χ1n) is 12.0. The lowest BCUT2D eigenvalue weighted by Gasteiger charge is -2.10. The lowest BCUT2D eigenvalue weighted by Crippen LogP contribution is -2.33. The Morgan fingerprint density at radius 1 is 1.03 bits per heavy atom. The highest BCUT2D eigenvalue weighted by atomic mass is 32.1. The van der Waals surface area contributed by atoms with E-state index in [1.165, 1.54) is 6.08 Å². The van der Waals surface area contributed by atoms with E-state index in [1.54, 1.807) is 10.9 Å². The maximum absolute atomic E-state index is 12.4. The summed E-state index contributed by atoms with van der Waals surface area (Å²) < 4.78 is 11.3. The van der Waals surface area contributed by atoms with E-state index >= 15 is 0 Å². The monoisotopic (exact) mass is 523 g/mol. The molecule has 3 aromatic carbocycles. The number of benzene rings is 3. The number of fused-ring (bicyclic) bond motifs is 1. The minimum absolute atomic E-state index is 0.172. The molecule has 190 valence electrons. The summed E-state index contributed by atoms with van der Waals surface area (Å²) in [4.78, 5) is 14.0. The third-order valence-electron chi connectivity index (χ3n) is 5.67. The Morgan fingerprint density at radius 3 is 2.50 bits per heavy atom. The van der Waals surface area contributed by atoms with Crippen LogP contribution in [0.3, 0.4) is 0 Å². The number of carbonyl (C=O) groups is 1. The lowest BCUT2D eigenvalue weighted by molar-refractivity contribution is -0.115. The molecule has 2 heterocycles. The lowest BCUT2D eigenvalue weighted by atomic mass is 10.2. The Bertz CT molecular complexity index is 1620. The van der Waals surface area contributed by atoms with Crippen molar-refractivity contribution in [1.29, 1.82) is 0 Å². The molecule has 0 radical (unpaired) electrons. The van der Waals surface area contributed by atoms with Crippen LogP contribution >= 0.6 is 12.2 Å². The first-order chi connectivity index (χ1) is 18.5. The normalized spacial score (nSPS) is 11.1. The van der Waals surface area contributed by atoms with Gasteiger partial charge >= 0.3 is 0 Å². The van der Waals surface area contributed by atoms with Gasteiger partial charge in [-0.3, -0.25) is 10.1 Å². The van der Waals surface area contributed by atoms with Crippen LogP contribution in [0, 0.1) is 6.92 Å². The Labute approximate surface area is 224 Å². The second-order valence-electron chi connectivity index (χ2n) is 8.42. The van der Waals surface area contributed by atoms with E-state index in [9.17, 15) is 4.79 Å². The number of furan rings is 1. The van der Waals surface area contributed by atoms with Crippen LogP contribution < -0.4 is 15.4 Å². The Kier molecular flexibility index (Phi) is 7.28. The first kappa shape index (κ1) is 24.9. The Hall–Kier alpha value is -4.76. The molecule has 0 saturated carbocycles. The van der Waals surface area contributed by atoms with E-state index in [1.807, 2.05) is 92.7 Å². The second kappa shape index (κ2) is 11.1. The largest absolute Gasteiger partial charge is 0.494 e. The van der Waals surface area contributed by atoms with Gasteiger partial charge in [-0.1, -0.05) is 30.3 Å². The Balaban J connectivity index is 1.22. The molecule has 0 unspecified atom stereocenters. The van der Waals surface area contributed by atoms with Gasteiger partial charge in [-0.05, 0) is 86.2 Å². The van der Waals surface area contributed by atoms with E-state index in [0.29, 0.717) is 17.9 Å². The predicted molar refractivity (Wildman–Crippen MR) is 152 cm³/mol. The number of hydrogen-bond donors (Lipinski definition) is 2. The van der Waals surface area contributed by atoms with Crippen molar-refractivity contribution in [2.75, 3.05) is 11.9 Å². The second-order valence-corrected chi connectivity index (χ2v) is 8.83. The number of nitrogens with one attached hydrogen (secondary N) is 2. The molecule has 2 N–H and O–H groups in total. The number of nitrogens with zero attached hydrogens (tertiary/aromatic N) is 3. The zero-order chi connectivity index (χ0) is 26.5. The average molecular weight is 524 g/mol. The van der Waals surface area contributed by atoms with Crippen molar-refractivity contribution in [1.82, 2.24) is 20.3 Å². The number of thiocarbonyl (C=S) groups is 1. The van der Waals surface area contributed by atoms with Gasteiger partial charge in [0.05, 0.1) is 12.3 Å². The SMILES string of the molecule is CCOc1ccc(-n2nc3cc(C)c(NC(=S)NC(=O)/C=C/c4ccc(-c5ccccc5)o4)cc3n2)cc1. The van der Waals surface area contributed by atoms with Gasteiger partial charge in [0, 0.05) is 17.3 Å². The number of ether oxygens (including phenoxy) is 1. The summed E-state index contributed by atoms with van der Waals surface area (Å²) in [7, 11) is 0. The zero-order valence-corrected chi connectivity index (χ0v) is 21.7. The fourth-order valence-electron chi connectivity index (χ4n) is 3.83. The van der Waals surface area contributed by atoms with Gasteiger partial charge in [0.2, 0.25) is 5.91 Å². The van der Waals surface area contributed by atoms with Gasteiger partial charge in [0.25, 0.3) is 0 Å². The van der Waals surface area contributed by atoms with Gasteiger partial charge in [0.15, 0.2) is 5.11 Å². The van der Waals surface area contributed by atoms with Crippen molar-refractivity contribution in [3.8, 4) is 22.8 Å². The number of aryl methyl sites for hydroxylation is 1. The summed E-state index contributed by atoms with van der Waals surface area (Å²) in [5, 5.41) is 15.1. The third-order valence-corrected chi connectivity index (χ3v) is 5.88. The number of hydrogen-bond acceptors (Lipinski definition) is 6. The number of carbonyl (C=O) groups excluding carboxylic acids is 1. The molecule has 0 aliphatic rings. The van der Waals surface area contributed by atoms with Gasteiger partial charge in [-0.15, -0.1) is 10.2 Å². The maximum Gasteiger partial charge on any atom is 0.250 e. The molecule has 0 aliphatic carbocycles. The van der Waals surface area contributed by atoms with Crippen molar-refractivity contribution in [3.05, 3.63) is 96.3 Å². The van der Waals surface area contributed by atoms with Crippen molar-refractivity contribution in [2.45, 2.75) is 13.8 Å². The number of rotatable bonds is 7. The molecule has 0 saturated heterocycles. The summed E-state index contributed by atoms with van der Waals surface area (Å²) >= 11 is 5.36. The van der Waals surface area contributed by atoms with E-state index in [2.05, 4.69) is 20.8 Å². The van der Waals surface area contributed by atoms with Gasteiger partial charge in [-0.2, -0.15) is 4.80 Å². The average Bonchev–Trinajstić information content (AvgIpc) is 3.56. The topological polar surface area (TPSA) is 94.2 Å². The fourth-order valence-corrected chi connectivity index (χ4v) is 4.04. The van der Waals surface area contributed by atoms with Crippen LogP contribution in [0.15, 0.2) is 89.4 Å². The highest BCUT2D eigenvalue weighted by molar-refractivity contribution is 7.80. The molecule has 2 aromatic heterocycles. The summed E-state index contributed by atoms with van der Waals surface area (Å²) in [6, 6.07) is 24.8. The molecule has 1 amide bonds. The summed E-state index contributed by atoms with van der Waals surface area (Å²) in [5.41, 5.74) is 4.85. The van der Waals surface area contributed by atoms with E-state index < -0.39 is 0 Å². The fraction of sp³-hybridized carbons (Fsp3) is 0.103. The van der Waals surface area contributed by atoms with E-state index in [0.717, 1.165) is 39.5 Å². The van der Waals surface area contributed by atoms with Crippen LogP contribution in [0.1, 0.15) is 18.2 Å². The van der Waals surface area contributed by atoms with E-state index in [-0.39, 0.29) is 11.0 Å². The van der Waals surface area contributed by atoms with Crippen molar-refractivity contribution in [2.24, 2.45) is 0 Å². The summed E-state index contributed by atoms with van der Waals surface area (Å²) in [6.07, 6.45) is 2.97. The smallest absolute Gasteiger partial charge is 0.250 e. The van der Waals surface area contributed by atoms with Crippen LogP contribution in [-0.4, -0.2) is 32.6 Å². The molecule has 0 spiro atoms. The summed E-state index contributed by atoms with van der Waals surface area (Å²) in [5.74, 6) is 1.71. The number of aromatic nitrogens is 3. The molecular weight excluding hydrogens is 498 g/mol. The quantitative estimate of drug-likeness (QED) is 0.202. The standard InChI is InChI=1S/C29H25N5O3S/c1-3-36-22-11-9-21(10-12-22)34-32-25-17-19(2)24(18-26(25)33-34)30-29(38)31-28(35)16-14-23-13-15-27(37-23)20-7-5-4-6-8-20/h4-18H,3H2,1-2H3,(H2,30,31,35,38)/b16-14+. The van der Waals surface area contributed by atoms with E-state index in [4.69, 9.17) is 21.4 Å². The van der Waals surface area contributed by atoms with Gasteiger partial charge < -0.3 is 14.5 Å². The van der Waals surface area contributed by atoms with Crippen LogP contribution in [0.5, 0.6) is 5.75 Å². The van der Waals surface area contributed by atoms with Crippen molar-refractivity contribution < 1.29 is 13.9 Å². The molecule has 9 heteroatoms. The van der Waals surface area contributed by atoms with Crippen LogP contribution in [0.25, 0.3) is 34.1 Å². The van der Waals surface area contributed by atoms with Crippen molar-refractivity contribution in [3.63, 3.8) is 0 Å². The molecule has 38 heavy (non-hydrogen) atoms. The molecule has 0 atom stereocenters. The summed E-state index contributed by atoms with van der Waals surface area (Å²) in [6.45, 7) is 4.49. The molecule has 0 aliphatic heterocycles. The van der Waals surface area contributed by atoms with Gasteiger partial charge in [0.1, 0.15) is 28.3 Å². The molecule has 8 nitrogen and oxygen atoms in total. The minimum atomic E-state index is -0.375. The number of amides is 1. The van der Waals surface area contributed by atoms with Crippen LogP contribution in [-0.2, 0) is 4.79 Å². The predicted octanol–water partition coefficient (Wildman–Crippen LogP) is 5.91. The molecule has 0 bridgehead atoms. The van der Waals surface area contributed by atoms with Crippen molar-refractivity contribution >= 4 is 46.0 Å². The minimum Gasteiger partial charge on any atom is -0.494 e. The molecular formula is C29H25N5O3S. The van der Waals surface area contributed by atoms with Crippen LogP contribution in [0.2, 0.25) is 0 Å². The highest BCUT2D eigenvalue weighted by Gasteiger charge is 2.11. The van der Waals surface area contributed by atoms with Crippen LogP contribution in [0.4, 0.5) is 5.69 Å². The third kappa shape index (κ3) is 5.79. The zero-order valence-electron chi connectivity index (χ0n) is 20.8. The molecule has 5 aromatic rings. The molecule has 0 fully saturated rings. The first-order valence-corrected chi connectivity index (χ1v) is 12.5. The number of anilines is 1. The highest BCUT2D eigenvalue weighted by Crippen LogP contribution is 2.24.